The Bertz CT molecular complexity index is 1470. The first kappa shape index (κ1) is 22.1. The zero-order chi connectivity index (χ0) is 24.2. The predicted molar refractivity (Wildman–Crippen MR) is 134 cm³/mol. The van der Waals surface area contributed by atoms with Gasteiger partial charge in [-0.05, 0) is 60.1 Å². The summed E-state index contributed by atoms with van der Waals surface area (Å²) in [6.45, 7) is 0. The van der Waals surface area contributed by atoms with E-state index in [-0.39, 0.29) is 45.6 Å². The standard InChI is InChI=1S/C25H17Cl2FN2O3S2/c26-14-3-1-2-11(19(14)27)15-16-12-8-13(20(16)34-22-21(15)35-25(33)29-22)18-17(12)23(31)30(24(18)32)10-6-4-9(28)5-7-10/h1-7,12-13,15-18,20H,8H2,(H,29,33)/t12-,13-,15+,16+,17+,18+,20-/m1/s1. The molecule has 3 fully saturated rings. The van der Waals surface area contributed by atoms with Gasteiger partial charge in [0.15, 0.2) is 0 Å². The van der Waals surface area contributed by atoms with Gasteiger partial charge in [-0.15, -0.1) is 11.8 Å². The van der Waals surface area contributed by atoms with E-state index in [2.05, 4.69) is 4.98 Å². The fraction of sp³-hybridized carbons (Fsp3) is 0.320. The Balaban J connectivity index is 1.35. The molecular weight excluding hydrogens is 530 g/mol. The molecule has 7 atom stereocenters. The zero-order valence-electron chi connectivity index (χ0n) is 17.9. The number of carbonyl (C=O) groups is 2. The number of thioether (sulfide) groups is 1. The molecule has 3 heterocycles. The van der Waals surface area contributed by atoms with Crippen LogP contribution in [0, 0.1) is 35.4 Å². The number of imide groups is 1. The number of halogens is 3. The number of H-pyrrole nitrogens is 1. The van der Waals surface area contributed by atoms with E-state index in [1.165, 1.54) is 40.5 Å². The summed E-state index contributed by atoms with van der Waals surface area (Å²) >= 11 is 15.9. The van der Waals surface area contributed by atoms with Crippen molar-refractivity contribution in [2.24, 2.45) is 29.6 Å². The Hall–Kier alpha value is -2.13. The average molecular weight is 547 g/mol. The monoisotopic (exact) mass is 546 g/mol. The minimum absolute atomic E-state index is 0.00101. The van der Waals surface area contributed by atoms with Crippen molar-refractivity contribution >= 4 is 63.8 Å². The van der Waals surface area contributed by atoms with Crippen molar-refractivity contribution < 1.29 is 14.0 Å². The van der Waals surface area contributed by atoms with Gasteiger partial charge in [0.05, 0.1) is 32.6 Å². The van der Waals surface area contributed by atoms with Crippen LogP contribution in [-0.2, 0) is 9.59 Å². The summed E-state index contributed by atoms with van der Waals surface area (Å²) in [7, 11) is 0. The van der Waals surface area contributed by atoms with Crippen LogP contribution >= 0.6 is 46.3 Å². The van der Waals surface area contributed by atoms with Gasteiger partial charge in [-0.25, -0.2) is 4.39 Å². The summed E-state index contributed by atoms with van der Waals surface area (Å²) in [6.07, 6.45) is 0.778. The number of benzene rings is 2. The average Bonchev–Trinajstić information content (AvgIpc) is 3.56. The van der Waals surface area contributed by atoms with Crippen molar-refractivity contribution in [3.05, 3.63) is 78.4 Å². The van der Waals surface area contributed by atoms with E-state index in [9.17, 15) is 18.8 Å². The van der Waals surface area contributed by atoms with Crippen molar-refractivity contribution in [3.8, 4) is 0 Å². The molecule has 2 bridgehead atoms. The highest BCUT2D eigenvalue weighted by molar-refractivity contribution is 8.00. The summed E-state index contributed by atoms with van der Waals surface area (Å²) in [4.78, 5) is 44.6. The molecule has 2 aliphatic heterocycles. The van der Waals surface area contributed by atoms with Crippen LogP contribution in [0.25, 0.3) is 0 Å². The van der Waals surface area contributed by atoms with Crippen LogP contribution in [-0.4, -0.2) is 22.0 Å². The van der Waals surface area contributed by atoms with Gasteiger partial charge in [0.25, 0.3) is 0 Å². The highest BCUT2D eigenvalue weighted by Gasteiger charge is 2.69. The van der Waals surface area contributed by atoms with Crippen LogP contribution in [0.4, 0.5) is 10.1 Å². The molecule has 1 aromatic heterocycles. The van der Waals surface area contributed by atoms with Crippen molar-refractivity contribution in [3.63, 3.8) is 0 Å². The van der Waals surface area contributed by atoms with Crippen LogP contribution in [0.1, 0.15) is 22.8 Å². The number of thiazole rings is 1. The molecule has 2 saturated carbocycles. The number of amides is 2. The molecule has 4 aliphatic rings. The quantitative estimate of drug-likeness (QED) is 0.427. The van der Waals surface area contributed by atoms with Crippen LogP contribution in [0.15, 0.2) is 52.3 Å². The van der Waals surface area contributed by atoms with E-state index in [1.54, 1.807) is 17.8 Å². The van der Waals surface area contributed by atoms with Gasteiger partial charge < -0.3 is 4.98 Å². The van der Waals surface area contributed by atoms with E-state index in [1.807, 2.05) is 12.1 Å². The van der Waals surface area contributed by atoms with Crippen molar-refractivity contribution in [2.75, 3.05) is 4.90 Å². The van der Waals surface area contributed by atoms with Crippen molar-refractivity contribution in [1.82, 2.24) is 4.98 Å². The molecule has 0 spiro atoms. The largest absolute Gasteiger partial charge is 0.307 e. The van der Waals surface area contributed by atoms with Crippen LogP contribution < -0.4 is 9.77 Å². The maximum absolute atomic E-state index is 13.7. The lowest BCUT2D eigenvalue weighted by Crippen LogP contribution is -2.42. The molecule has 2 amide bonds. The topological polar surface area (TPSA) is 70.2 Å². The molecule has 3 aromatic rings. The number of nitrogens with one attached hydrogen (secondary N) is 1. The van der Waals surface area contributed by atoms with Crippen molar-refractivity contribution in [1.29, 1.82) is 0 Å². The molecule has 178 valence electrons. The number of fused-ring (bicyclic) bond motifs is 9. The highest BCUT2D eigenvalue weighted by Crippen LogP contribution is 2.69. The van der Waals surface area contributed by atoms with Gasteiger partial charge in [0.2, 0.25) is 11.8 Å². The molecule has 2 aliphatic carbocycles. The van der Waals surface area contributed by atoms with Gasteiger partial charge in [-0.2, -0.15) is 0 Å². The number of hydrogen-bond donors (Lipinski definition) is 1. The highest BCUT2D eigenvalue weighted by atomic mass is 35.5. The lowest BCUT2D eigenvalue weighted by molar-refractivity contribution is -0.123. The van der Waals surface area contributed by atoms with Gasteiger partial charge in [0.1, 0.15) is 5.82 Å². The third kappa shape index (κ3) is 2.97. The maximum Gasteiger partial charge on any atom is 0.305 e. The second kappa shape index (κ2) is 7.68. The van der Waals surface area contributed by atoms with E-state index in [0.29, 0.717) is 15.7 Å². The third-order valence-corrected chi connectivity index (χ3v) is 11.5. The van der Waals surface area contributed by atoms with Crippen LogP contribution in [0.3, 0.4) is 0 Å². The van der Waals surface area contributed by atoms with E-state index >= 15 is 0 Å². The first-order chi connectivity index (χ1) is 16.8. The summed E-state index contributed by atoms with van der Waals surface area (Å²) in [5, 5.41) is 1.78. The van der Waals surface area contributed by atoms with Gasteiger partial charge in [-0.1, -0.05) is 46.7 Å². The Morgan fingerprint density at radius 2 is 1.69 bits per heavy atom. The summed E-state index contributed by atoms with van der Waals surface area (Å²) in [5.74, 6) is -1.88. The van der Waals surface area contributed by atoms with Crippen LogP contribution in [0.5, 0.6) is 0 Å². The molecule has 0 unspecified atom stereocenters. The Labute approximate surface area is 217 Å². The minimum atomic E-state index is -0.433. The SMILES string of the molecule is O=C1[C@H]2[C@H]3C[C@@H]([C@@H]2C(=O)N1c1ccc(F)cc1)[C@H]1[C@H](c2cccc(Cl)c2Cl)c2sc(=O)[nH]c2S[C@H]31. The zero-order valence-corrected chi connectivity index (χ0v) is 21.1. The number of hydrogen-bond acceptors (Lipinski definition) is 5. The predicted octanol–water partition coefficient (Wildman–Crippen LogP) is 5.56. The fourth-order valence-electron chi connectivity index (χ4n) is 6.97. The second-order valence-electron chi connectivity index (χ2n) is 9.59. The van der Waals surface area contributed by atoms with E-state index in [0.717, 1.165) is 21.9 Å². The molecule has 0 radical (unpaired) electrons. The molecular formula is C25H17Cl2FN2O3S2. The first-order valence-electron chi connectivity index (χ1n) is 11.3. The molecule has 7 rings (SSSR count). The Morgan fingerprint density at radius 1 is 0.971 bits per heavy atom. The molecule has 1 N–H and O–H groups in total. The number of aromatic nitrogens is 1. The number of carbonyl (C=O) groups excluding carboxylic acids is 2. The molecule has 2 aromatic carbocycles. The fourth-order valence-corrected chi connectivity index (χ4v) is 10.3. The Kier molecular flexibility index (Phi) is 4.85. The lowest BCUT2D eigenvalue weighted by Gasteiger charge is -2.43. The number of anilines is 1. The third-order valence-electron chi connectivity index (χ3n) is 8.13. The smallest absolute Gasteiger partial charge is 0.305 e. The Morgan fingerprint density at radius 3 is 2.43 bits per heavy atom. The van der Waals surface area contributed by atoms with Crippen molar-refractivity contribution in [2.45, 2.75) is 22.6 Å². The van der Waals surface area contributed by atoms with Gasteiger partial charge >= 0.3 is 4.87 Å². The number of aromatic amines is 1. The van der Waals surface area contributed by atoms with Gasteiger partial charge in [0, 0.05) is 16.0 Å². The van der Waals surface area contributed by atoms with E-state index < -0.39 is 17.7 Å². The van der Waals surface area contributed by atoms with E-state index in [4.69, 9.17) is 23.2 Å². The summed E-state index contributed by atoms with van der Waals surface area (Å²) < 4.78 is 13.5. The summed E-state index contributed by atoms with van der Waals surface area (Å²) in [6, 6.07) is 11.0. The first-order valence-corrected chi connectivity index (χ1v) is 13.8. The molecule has 35 heavy (non-hydrogen) atoms. The van der Waals surface area contributed by atoms with Gasteiger partial charge in [-0.3, -0.25) is 19.3 Å². The molecule has 10 heteroatoms. The molecule has 1 saturated heterocycles. The maximum atomic E-state index is 13.7. The molecule has 5 nitrogen and oxygen atoms in total. The number of nitrogens with zero attached hydrogens (tertiary/aromatic N) is 1. The minimum Gasteiger partial charge on any atom is -0.307 e. The lowest BCUT2D eigenvalue weighted by atomic mass is 9.68. The summed E-state index contributed by atoms with van der Waals surface area (Å²) in [5.41, 5.74) is 1.26. The normalized spacial score (nSPS) is 32.7. The second-order valence-corrected chi connectivity index (χ2v) is 12.6. The van der Waals surface area contributed by atoms with Crippen LogP contribution in [0.2, 0.25) is 10.0 Å². The number of rotatable bonds is 2.